The van der Waals surface area contributed by atoms with E-state index in [1.807, 2.05) is 39.0 Å². The monoisotopic (exact) mass is 432 g/mol. The minimum absolute atomic E-state index is 0.0861. The molecule has 8 heteroatoms. The number of benzene rings is 1. The first-order valence-electron chi connectivity index (χ1n) is 9.95. The van der Waals surface area contributed by atoms with Gasteiger partial charge in [-0.3, -0.25) is 9.59 Å². The minimum Gasteiger partial charge on any atom is -0.472 e. The summed E-state index contributed by atoms with van der Waals surface area (Å²) in [5, 5.41) is 3.95. The van der Waals surface area contributed by atoms with Gasteiger partial charge in [0.25, 0.3) is 11.8 Å². The number of thiophene rings is 1. The molecule has 0 aliphatic carbocycles. The molecule has 4 aromatic rings. The third-order valence-electron chi connectivity index (χ3n) is 5.54. The van der Waals surface area contributed by atoms with E-state index in [-0.39, 0.29) is 11.8 Å². The lowest BCUT2D eigenvalue weighted by Gasteiger charge is -2.16. The van der Waals surface area contributed by atoms with Gasteiger partial charge in [-0.2, -0.15) is 0 Å². The molecule has 4 heterocycles. The highest BCUT2D eigenvalue weighted by Crippen LogP contribution is 2.34. The number of carbonyl (C=O) groups excluding carboxylic acids is 2. The standard InChI is InChI=1S/C23H20N4O3S/c1-12-19-13(2)24-14(3)25-22(19)31-20(12)21(28)26-17-4-5-18-15(10-17)6-8-27(18)23(29)16-7-9-30-11-16/h4-5,7,9-11H,6,8H2,1-3H3,(H,26,28). The topological polar surface area (TPSA) is 88.3 Å². The molecule has 1 N–H and O–H groups in total. The largest absolute Gasteiger partial charge is 0.472 e. The van der Waals surface area contributed by atoms with E-state index in [1.54, 1.807) is 11.0 Å². The number of hydrogen-bond acceptors (Lipinski definition) is 6. The number of aryl methyl sites for hydroxylation is 3. The summed E-state index contributed by atoms with van der Waals surface area (Å²) in [7, 11) is 0. The van der Waals surface area contributed by atoms with Crippen LogP contribution in [0.3, 0.4) is 0 Å². The zero-order valence-electron chi connectivity index (χ0n) is 17.4. The van der Waals surface area contributed by atoms with Crippen molar-refractivity contribution in [2.75, 3.05) is 16.8 Å². The van der Waals surface area contributed by atoms with Gasteiger partial charge >= 0.3 is 0 Å². The fraction of sp³-hybridized carbons (Fsp3) is 0.217. The Hall–Kier alpha value is -3.52. The van der Waals surface area contributed by atoms with Gasteiger partial charge in [0, 0.05) is 29.0 Å². The minimum atomic E-state index is -0.165. The Labute approximate surface area is 182 Å². The Morgan fingerprint density at radius 1 is 1.16 bits per heavy atom. The normalized spacial score (nSPS) is 12.9. The highest BCUT2D eigenvalue weighted by molar-refractivity contribution is 7.20. The summed E-state index contributed by atoms with van der Waals surface area (Å²) < 4.78 is 5.03. The summed E-state index contributed by atoms with van der Waals surface area (Å²) in [6.07, 6.45) is 3.68. The molecule has 0 radical (unpaired) electrons. The number of nitrogens with one attached hydrogen (secondary N) is 1. The Bertz CT molecular complexity index is 1340. The molecule has 0 atom stereocenters. The van der Waals surface area contributed by atoms with E-state index < -0.39 is 0 Å². The number of aromatic nitrogens is 2. The molecule has 7 nitrogen and oxygen atoms in total. The smallest absolute Gasteiger partial charge is 0.266 e. The van der Waals surface area contributed by atoms with Crippen LogP contribution < -0.4 is 10.2 Å². The molecule has 1 aromatic carbocycles. The van der Waals surface area contributed by atoms with Crippen molar-refractivity contribution >= 4 is 44.7 Å². The van der Waals surface area contributed by atoms with Gasteiger partial charge in [0.15, 0.2) is 0 Å². The van der Waals surface area contributed by atoms with Crippen LogP contribution in [0.15, 0.2) is 41.2 Å². The number of furan rings is 1. The SMILES string of the molecule is Cc1nc(C)c2c(C)c(C(=O)Nc3ccc4c(c3)CCN4C(=O)c3ccoc3)sc2n1. The zero-order chi connectivity index (χ0) is 21.7. The second-order valence-corrected chi connectivity index (χ2v) is 8.61. The summed E-state index contributed by atoms with van der Waals surface area (Å²) in [4.78, 5) is 37.8. The maximum atomic E-state index is 13.0. The maximum Gasteiger partial charge on any atom is 0.266 e. The average Bonchev–Trinajstić information content (AvgIpc) is 3.46. The molecule has 5 rings (SSSR count). The van der Waals surface area contributed by atoms with Gasteiger partial charge in [0.2, 0.25) is 0 Å². The predicted molar refractivity (Wildman–Crippen MR) is 120 cm³/mol. The van der Waals surface area contributed by atoms with Crippen LogP contribution >= 0.6 is 11.3 Å². The molecule has 1 aliphatic heterocycles. The first kappa shape index (κ1) is 19.4. The number of carbonyl (C=O) groups is 2. The van der Waals surface area contributed by atoms with Crippen molar-refractivity contribution in [3.05, 3.63) is 69.9 Å². The van der Waals surface area contributed by atoms with Crippen molar-refractivity contribution in [2.45, 2.75) is 27.2 Å². The molecule has 156 valence electrons. The number of amides is 2. The summed E-state index contributed by atoms with van der Waals surface area (Å²) in [5.74, 6) is 0.449. The molecular formula is C23H20N4O3S. The Morgan fingerprint density at radius 3 is 2.77 bits per heavy atom. The van der Waals surface area contributed by atoms with Crippen LogP contribution in [0.5, 0.6) is 0 Å². The van der Waals surface area contributed by atoms with E-state index in [9.17, 15) is 9.59 Å². The van der Waals surface area contributed by atoms with Gasteiger partial charge in [-0.05, 0) is 62.6 Å². The van der Waals surface area contributed by atoms with Gasteiger partial charge in [0.05, 0.1) is 16.7 Å². The van der Waals surface area contributed by atoms with Crippen molar-refractivity contribution in [2.24, 2.45) is 0 Å². The van der Waals surface area contributed by atoms with Gasteiger partial charge in [-0.15, -0.1) is 11.3 Å². The van der Waals surface area contributed by atoms with Crippen molar-refractivity contribution < 1.29 is 14.0 Å². The van der Waals surface area contributed by atoms with Gasteiger partial charge in [-0.25, -0.2) is 9.97 Å². The van der Waals surface area contributed by atoms with Crippen LogP contribution in [-0.2, 0) is 6.42 Å². The van der Waals surface area contributed by atoms with Crippen LogP contribution in [-0.4, -0.2) is 28.3 Å². The van der Waals surface area contributed by atoms with Crippen molar-refractivity contribution in [1.29, 1.82) is 0 Å². The number of fused-ring (bicyclic) bond motifs is 2. The lowest BCUT2D eigenvalue weighted by Crippen LogP contribution is -2.28. The molecule has 0 saturated heterocycles. The van der Waals surface area contributed by atoms with Crippen molar-refractivity contribution in [1.82, 2.24) is 9.97 Å². The van der Waals surface area contributed by atoms with Gasteiger partial charge in [0.1, 0.15) is 16.9 Å². The molecule has 0 bridgehead atoms. The second kappa shape index (κ2) is 7.31. The number of rotatable bonds is 3. The quantitative estimate of drug-likeness (QED) is 0.508. The summed E-state index contributed by atoms with van der Waals surface area (Å²) in [6.45, 7) is 6.33. The number of hydrogen-bond donors (Lipinski definition) is 1. The highest BCUT2D eigenvalue weighted by Gasteiger charge is 2.27. The third kappa shape index (κ3) is 3.29. The molecular weight excluding hydrogens is 412 g/mol. The Kier molecular flexibility index (Phi) is 4.59. The molecule has 2 amide bonds. The zero-order valence-corrected chi connectivity index (χ0v) is 18.2. The van der Waals surface area contributed by atoms with Crippen LogP contribution in [0.1, 0.15) is 42.7 Å². The summed E-state index contributed by atoms with van der Waals surface area (Å²) in [6, 6.07) is 7.31. The lowest BCUT2D eigenvalue weighted by molar-refractivity contribution is 0.0987. The molecule has 0 fully saturated rings. The molecule has 3 aromatic heterocycles. The molecule has 0 saturated carbocycles. The first-order chi connectivity index (χ1) is 14.9. The van der Waals surface area contributed by atoms with Crippen molar-refractivity contribution in [3.63, 3.8) is 0 Å². The van der Waals surface area contributed by atoms with Gasteiger partial charge < -0.3 is 14.6 Å². The van der Waals surface area contributed by atoms with Crippen molar-refractivity contribution in [3.8, 4) is 0 Å². The summed E-state index contributed by atoms with van der Waals surface area (Å²) >= 11 is 1.38. The molecule has 1 aliphatic rings. The fourth-order valence-corrected chi connectivity index (χ4v) is 5.28. The van der Waals surface area contributed by atoms with E-state index in [1.165, 1.54) is 23.9 Å². The van der Waals surface area contributed by atoms with E-state index in [2.05, 4.69) is 15.3 Å². The number of nitrogens with zero attached hydrogens (tertiary/aromatic N) is 3. The van der Waals surface area contributed by atoms with Crippen LogP contribution in [0.2, 0.25) is 0 Å². The fourth-order valence-electron chi connectivity index (χ4n) is 4.11. The molecule has 0 unspecified atom stereocenters. The maximum absolute atomic E-state index is 13.0. The third-order valence-corrected chi connectivity index (χ3v) is 6.72. The Morgan fingerprint density at radius 2 is 2.00 bits per heavy atom. The second-order valence-electron chi connectivity index (χ2n) is 7.61. The lowest BCUT2D eigenvalue weighted by atomic mass is 10.1. The molecule has 31 heavy (non-hydrogen) atoms. The first-order valence-corrected chi connectivity index (χ1v) is 10.8. The highest BCUT2D eigenvalue weighted by atomic mass is 32.1. The number of anilines is 2. The van der Waals surface area contributed by atoms with Gasteiger partial charge in [-0.1, -0.05) is 0 Å². The van der Waals surface area contributed by atoms with E-state index >= 15 is 0 Å². The van der Waals surface area contributed by atoms with Crippen LogP contribution in [0.4, 0.5) is 11.4 Å². The van der Waals surface area contributed by atoms with E-state index in [0.717, 1.165) is 39.1 Å². The predicted octanol–water partition coefficient (Wildman–Crippen LogP) is 4.66. The molecule has 0 spiro atoms. The van der Waals surface area contributed by atoms with Crippen LogP contribution in [0, 0.1) is 20.8 Å². The average molecular weight is 433 g/mol. The summed E-state index contributed by atoms with van der Waals surface area (Å²) in [5.41, 5.74) is 4.91. The van der Waals surface area contributed by atoms with E-state index in [4.69, 9.17) is 4.42 Å². The Balaban J connectivity index is 1.40. The van der Waals surface area contributed by atoms with E-state index in [0.29, 0.717) is 28.5 Å². The van der Waals surface area contributed by atoms with Crippen LogP contribution in [0.25, 0.3) is 10.2 Å².